The van der Waals surface area contributed by atoms with Crippen LogP contribution in [0.3, 0.4) is 0 Å². The zero-order chi connectivity index (χ0) is 21.3. The van der Waals surface area contributed by atoms with Crippen LogP contribution in [0.15, 0.2) is 51.8 Å². The highest BCUT2D eigenvalue weighted by Gasteiger charge is 2.33. The van der Waals surface area contributed by atoms with Gasteiger partial charge in [0.1, 0.15) is 0 Å². The minimum atomic E-state index is -4.54. The zero-order valence-electron chi connectivity index (χ0n) is 15.3. The molecule has 5 nitrogen and oxygen atoms in total. The molecule has 0 saturated heterocycles. The van der Waals surface area contributed by atoms with Gasteiger partial charge in [0.2, 0.25) is 10.0 Å². The van der Waals surface area contributed by atoms with Gasteiger partial charge in [-0.3, -0.25) is 4.79 Å². The summed E-state index contributed by atoms with van der Waals surface area (Å²) >= 11 is 3.15. The lowest BCUT2D eigenvalue weighted by atomic mass is 10.1. The Labute approximate surface area is 169 Å². The molecule has 152 valence electrons. The van der Waals surface area contributed by atoms with Crippen LogP contribution >= 0.6 is 15.9 Å². The monoisotopic (exact) mass is 478 g/mol. The van der Waals surface area contributed by atoms with E-state index in [1.54, 1.807) is 0 Å². The van der Waals surface area contributed by atoms with Crippen molar-refractivity contribution in [1.82, 2.24) is 9.21 Å². The summed E-state index contributed by atoms with van der Waals surface area (Å²) in [7, 11) is 0.267. The SMILES string of the molecule is CN(Cc1ccccc1C(F)(F)F)C(=O)c1ccc(Br)c(S(=O)(=O)N(C)C)c1. The van der Waals surface area contributed by atoms with E-state index in [-0.39, 0.29) is 27.0 Å². The van der Waals surface area contributed by atoms with Gasteiger partial charge in [0.25, 0.3) is 5.91 Å². The van der Waals surface area contributed by atoms with Crippen molar-refractivity contribution in [3.05, 3.63) is 63.6 Å². The van der Waals surface area contributed by atoms with Crippen LogP contribution in [0.4, 0.5) is 13.2 Å². The number of rotatable bonds is 5. The number of hydrogen-bond acceptors (Lipinski definition) is 3. The fraction of sp³-hybridized carbons (Fsp3) is 0.278. The normalized spacial score (nSPS) is 12.3. The summed E-state index contributed by atoms with van der Waals surface area (Å²) in [5.74, 6) is -0.598. The number of nitrogens with zero attached hydrogens (tertiary/aromatic N) is 2. The summed E-state index contributed by atoms with van der Waals surface area (Å²) in [4.78, 5) is 13.7. The van der Waals surface area contributed by atoms with Gasteiger partial charge in [0.15, 0.2) is 0 Å². The minimum Gasteiger partial charge on any atom is -0.337 e. The van der Waals surface area contributed by atoms with Crippen molar-refractivity contribution in [2.75, 3.05) is 21.1 Å². The van der Waals surface area contributed by atoms with Gasteiger partial charge in [0.05, 0.1) is 10.5 Å². The molecule has 2 aromatic carbocycles. The number of benzene rings is 2. The molecule has 0 heterocycles. The number of alkyl halides is 3. The van der Waals surface area contributed by atoms with E-state index in [1.165, 1.54) is 57.5 Å². The van der Waals surface area contributed by atoms with Gasteiger partial charge in [0, 0.05) is 37.7 Å². The van der Waals surface area contributed by atoms with Crippen molar-refractivity contribution >= 4 is 31.9 Å². The van der Waals surface area contributed by atoms with Gasteiger partial charge in [-0.25, -0.2) is 12.7 Å². The number of carbonyl (C=O) groups is 1. The van der Waals surface area contributed by atoms with Crippen LogP contribution in [0.2, 0.25) is 0 Å². The molecular formula is C18H18BrF3N2O3S. The first-order valence-corrected chi connectivity index (χ1v) is 10.2. The molecule has 28 heavy (non-hydrogen) atoms. The largest absolute Gasteiger partial charge is 0.416 e. The van der Waals surface area contributed by atoms with Crippen molar-refractivity contribution in [2.45, 2.75) is 17.6 Å². The standard InChI is InChI=1S/C18H18BrF3N2O3S/c1-23(2)28(26,27)16-10-12(8-9-15(16)19)17(25)24(3)11-13-6-4-5-7-14(13)18(20,21)22/h4-10H,11H2,1-3H3. The van der Waals surface area contributed by atoms with E-state index in [9.17, 15) is 26.4 Å². The molecule has 0 radical (unpaired) electrons. The fourth-order valence-electron chi connectivity index (χ4n) is 2.51. The topological polar surface area (TPSA) is 57.7 Å². The van der Waals surface area contributed by atoms with Crippen LogP contribution in [0, 0.1) is 0 Å². The summed E-state index contributed by atoms with van der Waals surface area (Å²) < 4.78 is 65.5. The lowest BCUT2D eigenvalue weighted by Crippen LogP contribution is -2.28. The Morgan fingerprint density at radius 1 is 1.07 bits per heavy atom. The van der Waals surface area contributed by atoms with Gasteiger partial charge in [-0.15, -0.1) is 0 Å². The van der Waals surface area contributed by atoms with Crippen molar-refractivity contribution in [3.63, 3.8) is 0 Å². The maximum absolute atomic E-state index is 13.1. The molecule has 10 heteroatoms. The van der Waals surface area contributed by atoms with E-state index in [0.717, 1.165) is 15.3 Å². The zero-order valence-corrected chi connectivity index (χ0v) is 17.7. The molecule has 0 atom stereocenters. The number of carbonyl (C=O) groups excluding carboxylic acids is 1. The van der Waals surface area contributed by atoms with Crippen LogP contribution in [-0.2, 0) is 22.7 Å². The molecule has 0 aromatic heterocycles. The van der Waals surface area contributed by atoms with Crippen LogP contribution in [-0.4, -0.2) is 44.7 Å². The van der Waals surface area contributed by atoms with Gasteiger partial charge in [-0.2, -0.15) is 13.2 Å². The van der Waals surface area contributed by atoms with E-state index in [0.29, 0.717) is 0 Å². The smallest absolute Gasteiger partial charge is 0.337 e. The van der Waals surface area contributed by atoms with Crippen molar-refractivity contribution in [1.29, 1.82) is 0 Å². The second kappa shape index (κ2) is 8.22. The third kappa shape index (κ3) is 4.73. The molecule has 0 fully saturated rings. The molecule has 0 N–H and O–H groups in total. The Bertz CT molecular complexity index is 992. The second-order valence-corrected chi connectivity index (χ2v) is 9.22. The Morgan fingerprint density at radius 2 is 1.68 bits per heavy atom. The second-order valence-electron chi connectivity index (χ2n) is 6.25. The minimum absolute atomic E-state index is 0.0515. The molecule has 0 bridgehead atoms. The van der Waals surface area contributed by atoms with E-state index in [4.69, 9.17) is 0 Å². The van der Waals surface area contributed by atoms with Crippen LogP contribution in [0.5, 0.6) is 0 Å². The van der Waals surface area contributed by atoms with Crippen molar-refractivity contribution in [3.8, 4) is 0 Å². The van der Waals surface area contributed by atoms with Crippen molar-refractivity contribution in [2.24, 2.45) is 0 Å². The first-order valence-electron chi connectivity index (χ1n) is 7.98. The van der Waals surface area contributed by atoms with Crippen LogP contribution in [0.25, 0.3) is 0 Å². The lowest BCUT2D eigenvalue weighted by Gasteiger charge is -2.21. The summed E-state index contributed by atoms with van der Waals surface area (Å²) in [6, 6.07) is 9.03. The number of halogens is 4. The number of sulfonamides is 1. The molecule has 0 spiro atoms. The Morgan fingerprint density at radius 3 is 2.25 bits per heavy atom. The highest BCUT2D eigenvalue weighted by atomic mass is 79.9. The van der Waals surface area contributed by atoms with Gasteiger partial charge >= 0.3 is 6.18 Å². The highest BCUT2D eigenvalue weighted by molar-refractivity contribution is 9.10. The van der Waals surface area contributed by atoms with E-state index in [1.807, 2.05) is 0 Å². The quantitative estimate of drug-likeness (QED) is 0.652. The van der Waals surface area contributed by atoms with Crippen LogP contribution in [0.1, 0.15) is 21.5 Å². The summed E-state index contributed by atoms with van der Waals surface area (Å²) in [5.41, 5.74) is -0.818. The molecule has 0 saturated carbocycles. The lowest BCUT2D eigenvalue weighted by molar-refractivity contribution is -0.138. The Balaban J connectivity index is 2.36. The van der Waals surface area contributed by atoms with E-state index >= 15 is 0 Å². The molecule has 0 unspecified atom stereocenters. The first-order chi connectivity index (χ1) is 12.9. The number of amides is 1. The summed E-state index contributed by atoms with van der Waals surface area (Å²) in [5, 5.41) is 0. The Kier molecular flexibility index (Phi) is 6.57. The maximum Gasteiger partial charge on any atom is 0.416 e. The third-order valence-corrected chi connectivity index (χ3v) is 6.82. The summed E-state index contributed by atoms with van der Waals surface area (Å²) in [6.45, 7) is -0.277. The average Bonchev–Trinajstić information content (AvgIpc) is 2.60. The number of hydrogen-bond donors (Lipinski definition) is 0. The van der Waals surface area contributed by atoms with Crippen molar-refractivity contribution < 1.29 is 26.4 Å². The maximum atomic E-state index is 13.1. The molecule has 2 aromatic rings. The predicted octanol–water partition coefficient (Wildman–Crippen LogP) is 3.99. The van der Waals surface area contributed by atoms with E-state index < -0.39 is 27.7 Å². The average molecular weight is 479 g/mol. The predicted molar refractivity (Wildman–Crippen MR) is 102 cm³/mol. The third-order valence-electron chi connectivity index (χ3n) is 4.01. The summed E-state index contributed by atoms with van der Waals surface area (Å²) in [6.07, 6.45) is -4.54. The van der Waals surface area contributed by atoms with Gasteiger partial charge in [-0.05, 0) is 45.8 Å². The van der Waals surface area contributed by atoms with Crippen LogP contribution < -0.4 is 0 Å². The highest BCUT2D eigenvalue weighted by Crippen LogP contribution is 2.32. The molecule has 2 rings (SSSR count). The van der Waals surface area contributed by atoms with E-state index in [2.05, 4.69) is 15.9 Å². The van der Waals surface area contributed by atoms with Gasteiger partial charge < -0.3 is 4.90 Å². The molecular weight excluding hydrogens is 461 g/mol. The molecule has 0 aliphatic heterocycles. The molecule has 0 aliphatic carbocycles. The molecule has 0 aliphatic rings. The van der Waals surface area contributed by atoms with Gasteiger partial charge in [-0.1, -0.05) is 18.2 Å². The fourth-order valence-corrected chi connectivity index (χ4v) is 4.36. The first kappa shape index (κ1) is 22.4. The molecule has 1 amide bonds. The Hall–Kier alpha value is -1.91.